The molecule has 0 fully saturated rings. The van der Waals surface area contributed by atoms with E-state index in [1.54, 1.807) is 24.5 Å². The molecule has 0 bridgehead atoms. The molecule has 0 radical (unpaired) electrons. The number of nitrogens with one attached hydrogen (secondary N) is 1. The van der Waals surface area contributed by atoms with Gasteiger partial charge in [-0.3, -0.25) is 5.41 Å². The van der Waals surface area contributed by atoms with E-state index in [9.17, 15) is 0 Å². The summed E-state index contributed by atoms with van der Waals surface area (Å²) < 4.78 is 0. The molecular formula is C11H11N5S. The van der Waals surface area contributed by atoms with Gasteiger partial charge in [-0.05, 0) is 36.9 Å². The van der Waals surface area contributed by atoms with Gasteiger partial charge in [0.1, 0.15) is 10.9 Å². The van der Waals surface area contributed by atoms with E-state index in [2.05, 4.69) is 15.0 Å². The third-order valence-electron chi connectivity index (χ3n) is 2.02. The molecule has 6 heteroatoms. The molecule has 0 unspecified atom stereocenters. The highest BCUT2D eigenvalue weighted by Gasteiger charge is 2.10. The van der Waals surface area contributed by atoms with Crippen LogP contribution < -0.4 is 5.73 Å². The van der Waals surface area contributed by atoms with Crippen molar-refractivity contribution < 1.29 is 0 Å². The Morgan fingerprint density at radius 1 is 1.29 bits per heavy atom. The van der Waals surface area contributed by atoms with Crippen LogP contribution in [0.3, 0.4) is 0 Å². The highest BCUT2D eigenvalue weighted by Crippen LogP contribution is 2.25. The Labute approximate surface area is 103 Å². The van der Waals surface area contributed by atoms with Crippen molar-refractivity contribution >= 4 is 17.6 Å². The Balaban J connectivity index is 2.37. The lowest BCUT2D eigenvalue weighted by molar-refractivity contribution is 0.955. The summed E-state index contributed by atoms with van der Waals surface area (Å²) in [6.07, 6.45) is 3.33. The molecule has 2 heterocycles. The van der Waals surface area contributed by atoms with Gasteiger partial charge in [-0.2, -0.15) is 0 Å². The summed E-state index contributed by atoms with van der Waals surface area (Å²) in [4.78, 5) is 12.6. The maximum Gasteiger partial charge on any atom is 0.193 e. The first-order chi connectivity index (χ1) is 8.16. The summed E-state index contributed by atoms with van der Waals surface area (Å²) in [6, 6.07) is 5.36. The fraction of sp³-hybridized carbons (Fsp3) is 0.0909. The first-order valence-electron chi connectivity index (χ1n) is 4.94. The first-order valence-corrected chi connectivity index (χ1v) is 5.75. The summed E-state index contributed by atoms with van der Waals surface area (Å²) in [5.74, 6) is -0.00377. The molecule has 2 rings (SSSR count). The van der Waals surface area contributed by atoms with E-state index in [1.165, 1.54) is 11.8 Å². The van der Waals surface area contributed by atoms with Crippen LogP contribution in [0.4, 0.5) is 0 Å². The molecule has 0 aliphatic heterocycles. The van der Waals surface area contributed by atoms with Crippen LogP contribution in [0.25, 0.3) is 0 Å². The van der Waals surface area contributed by atoms with E-state index in [4.69, 9.17) is 11.1 Å². The van der Waals surface area contributed by atoms with Gasteiger partial charge >= 0.3 is 0 Å². The summed E-state index contributed by atoms with van der Waals surface area (Å²) in [5.41, 5.74) is 6.98. The largest absolute Gasteiger partial charge is 0.384 e. The average molecular weight is 245 g/mol. The number of nitrogens with zero attached hydrogens (tertiary/aromatic N) is 3. The van der Waals surface area contributed by atoms with Crippen LogP contribution in [0.5, 0.6) is 0 Å². The van der Waals surface area contributed by atoms with Gasteiger partial charge in [0.05, 0.1) is 0 Å². The van der Waals surface area contributed by atoms with Crippen molar-refractivity contribution in [1.29, 1.82) is 5.41 Å². The summed E-state index contributed by atoms with van der Waals surface area (Å²) in [5, 5.41) is 8.74. The van der Waals surface area contributed by atoms with Crippen molar-refractivity contribution in [2.75, 3.05) is 0 Å². The van der Waals surface area contributed by atoms with Crippen LogP contribution in [0.15, 0.2) is 40.8 Å². The smallest absolute Gasteiger partial charge is 0.193 e. The Morgan fingerprint density at radius 3 is 2.65 bits per heavy atom. The van der Waals surface area contributed by atoms with Crippen LogP contribution in [-0.4, -0.2) is 20.8 Å². The van der Waals surface area contributed by atoms with Gasteiger partial charge in [-0.15, -0.1) is 0 Å². The standard InChI is InChI=1S/C11H11N5S/c1-7-3-4-8(9(12)13)10(16-7)17-11-14-5-2-6-15-11/h2-6H,1H3,(H3,12,13). The number of amidine groups is 1. The lowest BCUT2D eigenvalue weighted by atomic mass is 10.2. The lowest BCUT2D eigenvalue weighted by Gasteiger charge is -2.06. The fourth-order valence-electron chi connectivity index (χ4n) is 1.24. The zero-order valence-corrected chi connectivity index (χ0v) is 10.0. The molecule has 3 N–H and O–H groups in total. The molecule has 2 aromatic rings. The minimum Gasteiger partial charge on any atom is -0.384 e. The summed E-state index contributed by atoms with van der Waals surface area (Å²) in [6.45, 7) is 1.89. The molecule has 0 amide bonds. The van der Waals surface area contributed by atoms with E-state index in [0.717, 1.165) is 5.69 Å². The molecule has 2 aromatic heterocycles. The number of hydrogen-bond acceptors (Lipinski definition) is 5. The topological polar surface area (TPSA) is 88.5 Å². The molecular weight excluding hydrogens is 234 g/mol. The van der Waals surface area contributed by atoms with E-state index < -0.39 is 0 Å². The minimum atomic E-state index is -0.00377. The molecule has 86 valence electrons. The second-order valence-electron chi connectivity index (χ2n) is 3.35. The Bertz CT molecular complexity index is 541. The number of nitrogens with two attached hydrogens (primary N) is 1. The van der Waals surface area contributed by atoms with E-state index in [-0.39, 0.29) is 5.84 Å². The van der Waals surface area contributed by atoms with E-state index in [0.29, 0.717) is 15.7 Å². The number of pyridine rings is 1. The van der Waals surface area contributed by atoms with E-state index in [1.807, 2.05) is 13.0 Å². The summed E-state index contributed by atoms with van der Waals surface area (Å²) in [7, 11) is 0. The highest BCUT2D eigenvalue weighted by molar-refractivity contribution is 7.99. The van der Waals surface area contributed by atoms with Crippen molar-refractivity contribution in [2.45, 2.75) is 17.1 Å². The van der Waals surface area contributed by atoms with Gasteiger partial charge in [-0.1, -0.05) is 0 Å². The predicted molar refractivity (Wildman–Crippen MR) is 66.1 cm³/mol. The van der Waals surface area contributed by atoms with Gasteiger partial charge in [0, 0.05) is 23.7 Å². The molecule has 0 aromatic carbocycles. The van der Waals surface area contributed by atoms with Crippen molar-refractivity contribution in [3.63, 3.8) is 0 Å². The van der Waals surface area contributed by atoms with Crippen LogP contribution >= 0.6 is 11.8 Å². The first kappa shape index (κ1) is 11.5. The average Bonchev–Trinajstić information content (AvgIpc) is 2.30. The Hall–Kier alpha value is -1.95. The van der Waals surface area contributed by atoms with Crippen molar-refractivity contribution in [1.82, 2.24) is 15.0 Å². The molecule has 17 heavy (non-hydrogen) atoms. The van der Waals surface area contributed by atoms with Crippen molar-refractivity contribution in [2.24, 2.45) is 5.73 Å². The lowest BCUT2D eigenvalue weighted by Crippen LogP contribution is -2.13. The van der Waals surface area contributed by atoms with Crippen LogP contribution in [-0.2, 0) is 0 Å². The van der Waals surface area contributed by atoms with Crippen LogP contribution in [0, 0.1) is 12.3 Å². The second-order valence-corrected chi connectivity index (χ2v) is 4.31. The normalized spacial score (nSPS) is 10.2. The zero-order chi connectivity index (χ0) is 12.3. The Kier molecular flexibility index (Phi) is 3.34. The van der Waals surface area contributed by atoms with Gasteiger partial charge in [0.15, 0.2) is 5.16 Å². The Morgan fingerprint density at radius 2 is 2.00 bits per heavy atom. The van der Waals surface area contributed by atoms with Crippen LogP contribution in [0.2, 0.25) is 0 Å². The summed E-state index contributed by atoms with van der Waals surface area (Å²) >= 11 is 1.30. The molecule has 5 nitrogen and oxygen atoms in total. The SMILES string of the molecule is Cc1ccc(C(=N)N)c(Sc2ncccn2)n1. The van der Waals surface area contributed by atoms with Crippen molar-refractivity contribution in [3.05, 3.63) is 41.9 Å². The van der Waals surface area contributed by atoms with Gasteiger partial charge < -0.3 is 5.73 Å². The molecule has 0 aliphatic carbocycles. The molecule has 0 saturated carbocycles. The van der Waals surface area contributed by atoms with E-state index >= 15 is 0 Å². The molecule has 0 saturated heterocycles. The molecule has 0 spiro atoms. The molecule has 0 atom stereocenters. The van der Waals surface area contributed by atoms with Crippen LogP contribution in [0.1, 0.15) is 11.3 Å². The highest BCUT2D eigenvalue weighted by atomic mass is 32.2. The predicted octanol–water partition coefficient (Wildman–Crippen LogP) is 1.62. The monoisotopic (exact) mass is 245 g/mol. The number of aromatic nitrogens is 3. The number of rotatable bonds is 3. The van der Waals surface area contributed by atoms with Crippen molar-refractivity contribution in [3.8, 4) is 0 Å². The number of aryl methyl sites for hydroxylation is 1. The second kappa shape index (κ2) is 4.92. The maximum atomic E-state index is 7.50. The molecule has 0 aliphatic rings. The fourth-order valence-corrected chi connectivity index (χ4v) is 2.12. The number of nitrogen functional groups attached to an aromatic ring is 1. The quantitative estimate of drug-likeness (QED) is 0.487. The third-order valence-corrected chi connectivity index (χ3v) is 2.92. The van der Waals surface area contributed by atoms with Gasteiger partial charge in [0.25, 0.3) is 0 Å². The maximum absolute atomic E-state index is 7.50. The van der Waals surface area contributed by atoms with Gasteiger partial charge in [-0.25, -0.2) is 15.0 Å². The third kappa shape index (κ3) is 2.79. The minimum absolute atomic E-state index is 0.00377. The number of hydrogen-bond donors (Lipinski definition) is 2. The van der Waals surface area contributed by atoms with Gasteiger partial charge in [0.2, 0.25) is 0 Å². The zero-order valence-electron chi connectivity index (χ0n) is 9.21.